The fourth-order valence-electron chi connectivity index (χ4n) is 4.45. The van der Waals surface area contributed by atoms with Gasteiger partial charge < -0.3 is 10.2 Å². The van der Waals surface area contributed by atoms with Crippen molar-refractivity contribution < 1.29 is 14.5 Å². The van der Waals surface area contributed by atoms with Crippen LogP contribution in [0.5, 0.6) is 0 Å². The first-order valence-corrected chi connectivity index (χ1v) is 12.8. The van der Waals surface area contributed by atoms with Crippen molar-refractivity contribution in [3.05, 3.63) is 33.9 Å². The Bertz CT molecular complexity index is 815. The lowest BCUT2D eigenvalue weighted by Gasteiger charge is -2.35. The highest BCUT2D eigenvalue weighted by molar-refractivity contribution is 7.99. The standard InChI is InChI=1S/C24H35N3O4S/c1-17(2)12-15-32-22-9-8-19(16-21(22)27(30)31)23(28)25-20-10-13-26(14-11-20)24(29)18-6-4-3-5-7-18/h8-9,16-18,20H,3-7,10-15H2,1-2H3,(H,25,28). The highest BCUT2D eigenvalue weighted by atomic mass is 32.2. The van der Waals surface area contributed by atoms with E-state index in [-0.39, 0.29) is 29.5 Å². The summed E-state index contributed by atoms with van der Waals surface area (Å²) < 4.78 is 0. The van der Waals surface area contributed by atoms with Crippen molar-refractivity contribution in [2.45, 2.75) is 76.2 Å². The summed E-state index contributed by atoms with van der Waals surface area (Å²) in [5.74, 6) is 1.50. The van der Waals surface area contributed by atoms with Crippen LogP contribution in [0.3, 0.4) is 0 Å². The van der Waals surface area contributed by atoms with Gasteiger partial charge in [0.1, 0.15) is 0 Å². The molecule has 2 fully saturated rings. The van der Waals surface area contributed by atoms with Crippen molar-refractivity contribution in [1.29, 1.82) is 0 Å². The molecule has 0 atom stereocenters. The third-order valence-electron chi connectivity index (χ3n) is 6.47. The van der Waals surface area contributed by atoms with E-state index in [1.165, 1.54) is 24.2 Å². The van der Waals surface area contributed by atoms with Gasteiger partial charge in [0.2, 0.25) is 5.91 Å². The summed E-state index contributed by atoms with van der Waals surface area (Å²) in [6, 6.07) is 4.72. The Kier molecular flexibility index (Phi) is 8.96. The van der Waals surface area contributed by atoms with E-state index in [1.807, 2.05) is 4.90 Å². The van der Waals surface area contributed by atoms with Gasteiger partial charge in [-0.1, -0.05) is 33.1 Å². The zero-order chi connectivity index (χ0) is 23.1. The SMILES string of the molecule is CC(C)CCSc1ccc(C(=O)NC2CCN(C(=O)C3CCCCC3)CC2)cc1[N+](=O)[O-]. The summed E-state index contributed by atoms with van der Waals surface area (Å²) in [7, 11) is 0. The van der Waals surface area contributed by atoms with E-state index in [2.05, 4.69) is 19.2 Å². The highest BCUT2D eigenvalue weighted by Crippen LogP contribution is 2.31. The molecule has 1 aromatic carbocycles. The first-order valence-electron chi connectivity index (χ1n) is 11.9. The second-order valence-corrected chi connectivity index (χ2v) is 10.5. The average Bonchev–Trinajstić information content (AvgIpc) is 2.79. The van der Waals surface area contributed by atoms with Gasteiger partial charge in [0, 0.05) is 36.7 Å². The van der Waals surface area contributed by atoms with Crippen molar-refractivity contribution in [3.8, 4) is 0 Å². The van der Waals surface area contributed by atoms with E-state index in [0.29, 0.717) is 29.5 Å². The number of nitrogens with one attached hydrogen (secondary N) is 1. The molecule has 32 heavy (non-hydrogen) atoms. The molecule has 1 saturated heterocycles. The van der Waals surface area contributed by atoms with Gasteiger partial charge in [0.25, 0.3) is 11.6 Å². The summed E-state index contributed by atoms with van der Waals surface area (Å²) in [6.07, 6.45) is 7.93. The first kappa shape index (κ1) is 24.6. The normalized spacial score (nSPS) is 18.0. The molecule has 0 bridgehead atoms. The maximum Gasteiger partial charge on any atom is 0.283 e. The van der Waals surface area contributed by atoms with Gasteiger partial charge in [0.05, 0.1) is 9.82 Å². The van der Waals surface area contributed by atoms with Crippen molar-refractivity contribution >= 4 is 29.3 Å². The summed E-state index contributed by atoms with van der Waals surface area (Å²) in [5.41, 5.74) is 0.296. The molecule has 0 radical (unpaired) electrons. The van der Waals surface area contributed by atoms with Crippen molar-refractivity contribution in [2.75, 3.05) is 18.8 Å². The van der Waals surface area contributed by atoms with Crippen LogP contribution in [-0.4, -0.2) is 46.5 Å². The topological polar surface area (TPSA) is 92.6 Å². The third-order valence-corrected chi connectivity index (χ3v) is 7.56. The second kappa shape index (κ2) is 11.7. The Hall–Kier alpha value is -2.09. The Labute approximate surface area is 194 Å². The lowest BCUT2D eigenvalue weighted by atomic mass is 9.87. The first-order chi connectivity index (χ1) is 15.3. The molecule has 2 aliphatic rings. The average molecular weight is 462 g/mol. The Balaban J connectivity index is 1.53. The number of rotatable bonds is 8. The molecule has 2 amide bonds. The van der Waals surface area contributed by atoms with Crippen LogP contribution in [-0.2, 0) is 4.79 Å². The molecule has 1 aliphatic carbocycles. The van der Waals surface area contributed by atoms with Crippen LogP contribution in [0.15, 0.2) is 23.1 Å². The van der Waals surface area contributed by atoms with E-state index >= 15 is 0 Å². The Morgan fingerprint density at radius 2 is 1.84 bits per heavy atom. The molecule has 1 aromatic rings. The summed E-state index contributed by atoms with van der Waals surface area (Å²) in [4.78, 5) is 39.1. The zero-order valence-electron chi connectivity index (χ0n) is 19.2. The third kappa shape index (κ3) is 6.70. The Morgan fingerprint density at radius 3 is 2.47 bits per heavy atom. The number of carbonyl (C=O) groups excluding carboxylic acids is 2. The number of nitro benzene ring substituents is 1. The van der Waals surface area contributed by atoms with Gasteiger partial charge >= 0.3 is 0 Å². The molecular formula is C24H35N3O4S. The molecule has 0 spiro atoms. The number of nitro groups is 1. The fraction of sp³-hybridized carbons (Fsp3) is 0.667. The predicted molar refractivity (Wildman–Crippen MR) is 127 cm³/mol. The predicted octanol–water partition coefficient (Wildman–Crippen LogP) is 5.03. The molecule has 3 rings (SSSR count). The van der Waals surface area contributed by atoms with E-state index in [4.69, 9.17) is 0 Å². The zero-order valence-corrected chi connectivity index (χ0v) is 20.0. The van der Waals surface area contributed by atoms with Crippen LogP contribution in [0.4, 0.5) is 5.69 Å². The molecule has 176 valence electrons. The number of likely N-dealkylation sites (tertiary alicyclic amines) is 1. The number of nitrogens with zero attached hydrogens (tertiary/aromatic N) is 2. The molecular weight excluding hydrogens is 426 g/mol. The minimum Gasteiger partial charge on any atom is -0.349 e. The maximum absolute atomic E-state index is 12.7. The van der Waals surface area contributed by atoms with Crippen LogP contribution in [0.1, 0.15) is 75.6 Å². The number of carbonyl (C=O) groups is 2. The van der Waals surface area contributed by atoms with Crippen LogP contribution in [0, 0.1) is 22.0 Å². The minimum absolute atomic E-state index is 0.0145. The number of hydrogen-bond donors (Lipinski definition) is 1. The number of benzene rings is 1. The van der Waals surface area contributed by atoms with E-state index in [0.717, 1.165) is 50.7 Å². The molecule has 1 aliphatic heterocycles. The molecule has 1 saturated carbocycles. The number of thioether (sulfide) groups is 1. The van der Waals surface area contributed by atoms with E-state index in [9.17, 15) is 19.7 Å². The fourth-order valence-corrected chi connectivity index (χ4v) is 5.70. The molecule has 0 unspecified atom stereocenters. The van der Waals surface area contributed by atoms with E-state index in [1.54, 1.807) is 12.1 Å². The molecule has 7 nitrogen and oxygen atoms in total. The van der Waals surface area contributed by atoms with Crippen molar-refractivity contribution in [3.63, 3.8) is 0 Å². The number of piperidine rings is 1. The van der Waals surface area contributed by atoms with Gasteiger partial charge in [-0.15, -0.1) is 11.8 Å². The molecule has 0 aromatic heterocycles. The summed E-state index contributed by atoms with van der Waals surface area (Å²) in [5, 5.41) is 14.5. The van der Waals surface area contributed by atoms with Gasteiger partial charge in [-0.25, -0.2) is 0 Å². The number of amides is 2. The molecule has 8 heteroatoms. The number of hydrogen-bond acceptors (Lipinski definition) is 5. The van der Waals surface area contributed by atoms with Crippen molar-refractivity contribution in [2.24, 2.45) is 11.8 Å². The highest BCUT2D eigenvalue weighted by Gasteiger charge is 2.30. The maximum atomic E-state index is 12.7. The van der Waals surface area contributed by atoms with Gasteiger partial charge in [0.15, 0.2) is 0 Å². The van der Waals surface area contributed by atoms with Crippen LogP contribution < -0.4 is 5.32 Å². The molecule has 1 N–H and O–H groups in total. The van der Waals surface area contributed by atoms with Crippen LogP contribution in [0.25, 0.3) is 0 Å². The lowest BCUT2D eigenvalue weighted by Crippen LogP contribution is -2.48. The molecule has 1 heterocycles. The van der Waals surface area contributed by atoms with Crippen LogP contribution >= 0.6 is 11.8 Å². The largest absolute Gasteiger partial charge is 0.349 e. The quantitative estimate of drug-likeness (QED) is 0.333. The monoisotopic (exact) mass is 461 g/mol. The summed E-state index contributed by atoms with van der Waals surface area (Å²) in [6.45, 7) is 5.56. The van der Waals surface area contributed by atoms with Gasteiger partial charge in [-0.3, -0.25) is 19.7 Å². The summed E-state index contributed by atoms with van der Waals surface area (Å²) >= 11 is 1.46. The van der Waals surface area contributed by atoms with Crippen LogP contribution in [0.2, 0.25) is 0 Å². The van der Waals surface area contributed by atoms with Gasteiger partial charge in [-0.2, -0.15) is 0 Å². The smallest absolute Gasteiger partial charge is 0.283 e. The van der Waals surface area contributed by atoms with E-state index < -0.39 is 4.92 Å². The Morgan fingerprint density at radius 1 is 1.16 bits per heavy atom. The van der Waals surface area contributed by atoms with Gasteiger partial charge in [-0.05, 0) is 55.9 Å². The van der Waals surface area contributed by atoms with Crippen molar-refractivity contribution in [1.82, 2.24) is 10.2 Å². The second-order valence-electron chi connectivity index (χ2n) is 9.38. The lowest BCUT2D eigenvalue weighted by molar-refractivity contribution is -0.387. The minimum atomic E-state index is -0.413.